The van der Waals surface area contributed by atoms with Gasteiger partial charge in [0, 0.05) is 40.2 Å². The number of allylic oxidation sites excluding steroid dienone is 2. The summed E-state index contributed by atoms with van der Waals surface area (Å²) in [6.45, 7) is 5.87. The number of aliphatic hydroxyl groups excluding tert-OH is 1. The largest absolute Gasteiger partial charge is 0.511 e. The quantitative estimate of drug-likeness (QED) is 0.377. The molecule has 0 bridgehead atoms. The lowest BCUT2D eigenvalue weighted by Crippen LogP contribution is -2.27. The van der Waals surface area contributed by atoms with Gasteiger partial charge < -0.3 is 9.94 Å². The van der Waals surface area contributed by atoms with Crippen molar-refractivity contribution in [3.05, 3.63) is 22.9 Å². The molecule has 1 rings (SSSR count). The van der Waals surface area contributed by atoms with Crippen LogP contribution < -0.4 is 0 Å². The van der Waals surface area contributed by atoms with Gasteiger partial charge in [-0.1, -0.05) is 37.5 Å². The Kier molecular flexibility index (Phi) is 9.29. The molecule has 0 aliphatic heterocycles. The SMILES string of the molecule is CC/C(=N/OC/C=C/Cl)C1=C(O)C[C@@H](C[C@H](C)[S@@](=O)CC)CC1=O. The van der Waals surface area contributed by atoms with Crippen LogP contribution in [0.25, 0.3) is 0 Å². The van der Waals surface area contributed by atoms with Crippen molar-refractivity contribution in [3.63, 3.8) is 0 Å². The number of hydrogen-bond donors (Lipinski definition) is 1. The fourth-order valence-corrected chi connectivity index (χ4v) is 3.94. The van der Waals surface area contributed by atoms with Crippen molar-refractivity contribution in [1.29, 1.82) is 0 Å². The maximum atomic E-state index is 12.5. The lowest BCUT2D eigenvalue weighted by atomic mass is 9.82. The number of halogens is 1. The van der Waals surface area contributed by atoms with Gasteiger partial charge in [-0.3, -0.25) is 9.00 Å². The number of rotatable bonds is 9. The van der Waals surface area contributed by atoms with Gasteiger partial charge in [-0.2, -0.15) is 0 Å². The van der Waals surface area contributed by atoms with E-state index in [0.717, 1.165) is 0 Å². The lowest BCUT2D eigenvalue weighted by Gasteiger charge is -2.25. The van der Waals surface area contributed by atoms with Crippen LogP contribution >= 0.6 is 11.6 Å². The molecule has 7 heteroatoms. The van der Waals surface area contributed by atoms with Crippen LogP contribution in [0.2, 0.25) is 0 Å². The molecular weight excluding hydrogens is 350 g/mol. The predicted octanol–water partition coefficient (Wildman–Crippen LogP) is 3.86. The average molecular weight is 376 g/mol. The molecule has 0 saturated carbocycles. The van der Waals surface area contributed by atoms with E-state index in [0.29, 0.717) is 37.1 Å². The summed E-state index contributed by atoms with van der Waals surface area (Å²) in [7, 11) is -0.891. The second kappa shape index (κ2) is 10.7. The van der Waals surface area contributed by atoms with Crippen LogP contribution in [0.3, 0.4) is 0 Å². The number of Topliss-reactive ketones (excluding diaryl/α,β-unsaturated/α-hetero) is 1. The first kappa shape index (κ1) is 20.9. The molecule has 136 valence electrons. The van der Waals surface area contributed by atoms with E-state index in [1.54, 1.807) is 6.08 Å². The first-order valence-corrected chi connectivity index (χ1v) is 10.0. The number of carbonyl (C=O) groups is 1. The van der Waals surface area contributed by atoms with Crippen molar-refractivity contribution in [1.82, 2.24) is 0 Å². The molecule has 1 aliphatic carbocycles. The van der Waals surface area contributed by atoms with E-state index in [4.69, 9.17) is 16.4 Å². The number of oxime groups is 1. The summed E-state index contributed by atoms with van der Waals surface area (Å²) < 4.78 is 11.8. The zero-order valence-corrected chi connectivity index (χ0v) is 16.0. The Morgan fingerprint density at radius 2 is 2.21 bits per heavy atom. The van der Waals surface area contributed by atoms with Crippen molar-refractivity contribution in [3.8, 4) is 0 Å². The smallest absolute Gasteiger partial charge is 0.168 e. The number of carbonyl (C=O) groups excluding carboxylic acids is 1. The average Bonchev–Trinajstić information content (AvgIpc) is 2.55. The minimum Gasteiger partial charge on any atom is -0.511 e. The van der Waals surface area contributed by atoms with E-state index in [1.807, 2.05) is 20.8 Å². The minimum absolute atomic E-state index is 0.0185. The third kappa shape index (κ3) is 6.06. The monoisotopic (exact) mass is 375 g/mol. The molecule has 0 aromatic heterocycles. The maximum Gasteiger partial charge on any atom is 0.168 e. The number of ketones is 1. The Morgan fingerprint density at radius 3 is 2.75 bits per heavy atom. The van der Waals surface area contributed by atoms with Gasteiger partial charge in [0.25, 0.3) is 0 Å². The van der Waals surface area contributed by atoms with Crippen LogP contribution in [0.5, 0.6) is 0 Å². The highest BCUT2D eigenvalue weighted by atomic mass is 35.5. The van der Waals surface area contributed by atoms with Gasteiger partial charge >= 0.3 is 0 Å². The Balaban J connectivity index is 2.84. The molecule has 3 atom stereocenters. The van der Waals surface area contributed by atoms with E-state index in [-0.39, 0.29) is 34.9 Å². The molecule has 0 radical (unpaired) electrons. The number of aliphatic hydroxyl groups is 1. The summed E-state index contributed by atoms with van der Waals surface area (Å²) in [5.74, 6) is 0.554. The molecule has 0 aromatic rings. The van der Waals surface area contributed by atoms with E-state index in [2.05, 4.69) is 5.16 Å². The minimum atomic E-state index is -0.891. The second-order valence-corrected chi connectivity index (χ2v) is 8.18. The Morgan fingerprint density at radius 1 is 1.50 bits per heavy atom. The van der Waals surface area contributed by atoms with Gasteiger partial charge in [0.1, 0.15) is 12.4 Å². The highest BCUT2D eigenvalue weighted by Gasteiger charge is 2.31. The molecule has 0 spiro atoms. The molecule has 0 unspecified atom stereocenters. The van der Waals surface area contributed by atoms with Crippen molar-refractivity contribution in [2.45, 2.75) is 51.7 Å². The first-order chi connectivity index (χ1) is 11.4. The van der Waals surface area contributed by atoms with Crippen molar-refractivity contribution in [2.75, 3.05) is 12.4 Å². The van der Waals surface area contributed by atoms with Crippen LogP contribution in [0.15, 0.2) is 28.1 Å². The highest BCUT2D eigenvalue weighted by Crippen LogP contribution is 2.31. The van der Waals surface area contributed by atoms with Gasteiger partial charge in [0.2, 0.25) is 0 Å². The summed E-state index contributed by atoms with van der Waals surface area (Å²) in [6, 6.07) is 0. The van der Waals surface area contributed by atoms with Crippen molar-refractivity contribution in [2.24, 2.45) is 11.1 Å². The highest BCUT2D eigenvalue weighted by molar-refractivity contribution is 7.85. The summed E-state index contributed by atoms with van der Waals surface area (Å²) >= 11 is 5.40. The van der Waals surface area contributed by atoms with Crippen LogP contribution in [0, 0.1) is 5.92 Å². The molecular formula is C17H26ClNO4S. The third-order valence-corrected chi connectivity index (χ3v) is 5.82. The number of nitrogens with zero attached hydrogens (tertiary/aromatic N) is 1. The maximum absolute atomic E-state index is 12.5. The van der Waals surface area contributed by atoms with Crippen molar-refractivity contribution >= 4 is 33.9 Å². The Bertz CT molecular complexity index is 557. The molecule has 1 N–H and O–H groups in total. The molecule has 0 amide bonds. The van der Waals surface area contributed by atoms with Crippen molar-refractivity contribution < 1.29 is 18.9 Å². The van der Waals surface area contributed by atoms with E-state index >= 15 is 0 Å². The third-order valence-electron chi connectivity index (χ3n) is 3.98. The van der Waals surface area contributed by atoms with E-state index < -0.39 is 10.8 Å². The van der Waals surface area contributed by atoms with Crippen LogP contribution in [-0.2, 0) is 20.4 Å². The van der Waals surface area contributed by atoms with Gasteiger partial charge in [-0.15, -0.1) is 0 Å². The summed E-state index contributed by atoms with van der Waals surface area (Å²) in [5, 5.41) is 14.3. The van der Waals surface area contributed by atoms with E-state index in [9.17, 15) is 14.1 Å². The Labute approximate surface area is 151 Å². The van der Waals surface area contributed by atoms with E-state index in [1.165, 1.54) is 5.54 Å². The first-order valence-electron chi connectivity index (χ1n) is 8.21. The fourth-order valence-electron chi connectivity index (χ4n) is 2.81. The van der Waals surface area contributed by atoms with Crippen LogP contribution in [0.1, 0.15) is 46.5 Å². The summed E-state index contributed by atoms with van der Waals surface area (Å²) in [5.41, 5.74) is 2.05. The second-order valence-electron chi connectivity index (χ2n) is 5.78. The zero-order valence-electron chi connectivity index (χ0n) is 14.5. The molecule has 1 aliphatic rings. The van der Waals surface area contributed by atoms with Crippen LogP contribution in [0.4, 0.5) is 0 Å². The lowest BCUT2D eigenvalue weighted by molar-refractivity contribution is -0.116. The summed E-state index contributed by atoms with van der Waals surface area (Å²) in [4.78, 5) is 17.6. The molecule has 5 nitrogen and oxygen atoms in total. The fraction of sp³-hybridized carbons (Fsp3) is 0.647. The predicted molar refractivity (Wildman–Crippen MR) is 98.8 cm³/mol. The molecule has 0 heterocycles. The standard InChI is InChI=1S/C17H26ClNO4S/c1-4-14(19-23-8-6-7-18)17-15(20)10-13(11-16(17)21)9-12(3)24(22)5-2/h6-7,12-13,20H,4-5,8-11H2,1-3H3/b7-6+,19-14-/t12-,13+,24-/m0/s1. The molecule has 0 aromatic carbocycles. The topological polar surface area (TPSA) is 76.0 Å². The Hall–Kier alpha value is -1.14. The molecule has 0 saturated heterocycles. The molecule has 24 heavy (non-hydrogen) atoms. The normalized spacial score (nSPS) is 22.1. The van der Waals surface area contributed by atoms with Gasteiger partial charge in [0.05, 0.1) is 11.3 Å². The van der Waals surface area contributed by atoms with Gasteiger partial charge in [-0.25, -0.2) is 0 Å². The molecule has 0 fully saturated rings. The zero-order chi connectivity index (χ0) is 18.1. The van der Waals surface area contributed by atoms with Gasteiger partial charge in [0.15, 0.2) is 5.78 Å². The number of hydrogen-bond acceptors (Lipinski definition) is 5. The summed E-state index contributed by atoms with van der Waals surface area (Å²) in [6.07, 6.45) is 3.48. The van der Waals surface area contributed by atoms with Crippen LogP contribution in [-0.4, -0.2) is 38.4 Å². The van der Waals surface area contributed by atoms with Gasteiger partial charge in [-0.05, 0) is 24.8 Å².